The highest BCUT2D eigenvalue weighted by molar-refractivity contribution is 5.95. The summed E-state index contributed by atoms with van der Waals surface area (Å²) in [7, 11) is 3.14. The number of pyridine rings is 1. The number of hydrogen-bond donors (Lipinski definition) is 1. The van der Waals surface area contributed by atoms with E-state index in [1.807, 2.05) is 6.07 Å². The van der Waals surface area contributed by atoms with Crippen molar-refractivity contribution in [3.63, 3.8) is 0 Å². The first-order chi connectivity index (χ1) is 10.7. The van der Waals surface area contributed by atoms with Gasteiger partial charge in [-0.3, -0.25) is 4.98 Å². The highest BCUT2D eigenvalue weighted by Crippen LogP contribution is 2.36. The van der Waals surface area contributed by atoms with Crippen LogP contribution in [-0.4, -0.2) is 36.4 Å². The summed E-state index contributed by atoms with van der Waals surface area (Å²) in [5.74, 6) is 1.61. The van der Waals surface area contributed by atoms with Crippen molar-refractivity contribution >= 4 is 5.90 Å². The number of aromatic nitrogens is 1. The Bertz CT molecular complexity index is 688. The van der Waals surface area contributed by atoms with Crippen molar-refractivity contribution in [2.75, 3.05) is 14.2 Å². The van der Waals surface area contributed by atoms with E-state index in [-0.39, 0.29) is 0 Å². The van der Waals surface area contributed by atoms with Crippen LogP contribution < -0.4 is 9.47 Å². The zero-order valence-corrected chi connectivity index (χ0v) is 12.3. The monoisotopic (exact) mass is 300 g/mol. The van der Waals surface area contributed by atoms with Gasteiger partial charge in [-0.1, -0.05) is 0 Å². The van der Waals surface area contributed by atoms with E-state index in [9.17, 15) is 5.11 Å². The van der Waals surface area contributed by atoms with Crippen molar-refractivity contribution in [2.24, 2.45) is 4.99 Å². The molecule has 0 aliphatic carbocycles. The number of nitrogens with zero attached hydrogens (tertiary/aromatic N) is 2. The van der Waals surface area contributed by atoms with Crippen LogP contribution in [0, 0.1) is 0 Å². The van der Waals surface area contributed by atoms with Crippen LogP contribution in [0.2, 0.25) is 0 Å². The fraction of sp³-hybridized carbons (Fsp3) is 0.250. The number of benzene rings is 1. The van der Waals surface area contributed by atoms with Gasteiger partial charge in [0, 0.05) is 24.0 Å². The third-order valence-electron chi connectivity index (χ3n) is 3.41. The lowest BCUT2D eigenvalue weighted by atomic mass is 10.1. The highest BCUT2D eigenvalue weighted by atomic mass is 16.5. The number of aliphatic hydroxyl groups is 1. The van der Waals surface area contributed by atoms with Gasteiger partial charge in [-0.2, -0.15) is 0 Å². The number of aliphatic imine (C=N–C) groups is 1. The Hall–Kier alpha value is -2.60. The summed E-state index contributed by atoms with van der Waals surface area (Å²) in [4.78, 5) is 8.18. The van der Waals surface area contributed by atoms with Crippen LogP contribution in [0.25, 0.3) is 0 Å². The smallest absolute Gasteiger partial charge is 0.221 e. The summed E-state index contributed by atoms with van der Waals surface area (Å²) < 4.78 is 16.3. The van der Waals surface area contributed by atoms with Gasteiger partial charge < -0.3 is 19.3 Å². The molecule has 1 aliphatic rings. The summed E-state index contributed by atoms with van der Waals surface area (Å²) in [5.41, 5.74) is 1.43. The SMILES string of the molecule is COc1ccc([C@H]2OC(c3cccnc3)=N[C@@H]2O)c(OC)c1. The summed E-state index contributed by atoms with van der Waals surface area (Å²) in [6, 6.07) is 8.94. The molecule has 1 N–H and O–H groups in total. The number of rotatable bonds is 4. The van der Waals surface area contributed by atoms with Gasteiger partial charge in [0.15, 0.2) is 12.3 Å². The molecule has 3 rings (SSSR count). The van der Waals surface area contributed by atoms with Crippen LogP contribution in [0.4, 0.5) is 0 Å². The fourth-order valence-corrected chi connectivity index (χ4v) is 2.31. The van der Waals surface area contributed by atoms with E-state index in [4.69, 9.17) is 14.2 Å². The third-order valence-corrected chi connectivity index (χ3v) is 3.41. The van der Waals surface area contributed by atoms with E-state index in [1.54, 1.807) is 50.9 Å². The van der Waals surface area contributed by atoms with Crippen LogP contribution in [0.5, 0.6) is 11.5 Å². The predicted octanol–water partition coefficient (Wildman–Crippen LogP) is 1.94. The van der Waals surface area contributed by atoms with Crippen LogP contribution >= 0.6 is 0 Å². The molecule has 2 atom stereocenters. The van der Waals surface area contributed by atoms with Crippen LogP contribution in [-0.2, 0) is 4.74 Å². The van der Waals surface area contributed by atoms with Crippen LogP contribution in [0.1, 0.15) is 17.2 Å². The minimum atomic E-state index is -1.00. The molecule has 0 unspecified atom stereocenters. The number of methoxy groups -OCH3 is 2. The lowest BCUT2D eigenvalue weighted by Gasteiger charge is -2.18. The molecule has 6 heteroatoms. The first-order valence-electron chi connectivity index (χ1n) is 6.78. The van der Waals surface area contributed by atoms with Gasteiger partial charge in [-0.05, 0) is 24.3 Å². The Kier molecular flexibility index (Phi) is 3.93. The van der Waals surface area contributed by atoms with Gasteiger partial charge >= 0.3 is 0 Å². The molecule has 0 saturated carbocycles. The van der Waals surface area contributed by atoms with Crippen molar-refractivity contribution in [3.05, 3.63) is 53.9 Å². The van der Waals surface area contributed by atoms with Gasteiger partial charge in [0.2, 0.25) is 5.90 Å². The first kappa shape index (κ1) is 14.3. The zero-order valence-electron chi connectivity index (χ0n) is 12.3. The minimum absolute atomic E-state index is 0.364. The van der Waals surface area contributed by atoms with Crippen molar-refractivity contribution in [2.45, 2.75) is 12.3 Å². The van der Waals surface area contributed by atoms with E-state index in [0.717, 1.165) is 5.56 Å². The Morgan fingerprint density at radius 1 is 1.18 bits per heavy atom. The molecule has 114 valence electrons. The van der Waals surface area contributed by atoms with Crippen molar-refractivity contribution in [1.29, 1.82) is 0 Å². The largest absolute Gasteiger partial charge is 0.497 e. The Labute approximate surface area is 128 Å². The number of ether oxygens (including phenoxy) is 3. The molecule has 2 heterocycles. The van der Waals surface area contributed by atoms with E-state index in [0.29, 0.717) is 23.0 Å². The maximum absolute atomic E-state index is 10.2. The summed E-state index contributed by atoms with van der Waals surface area (Å²) in [6.07, 6.45) is 1.67. The van der Waals surface area contributed by atoms with Crippen molar-refractivity contribution < 1.29 is 19.3 Å². The van der Waals surface area contributed by atoms with Gasteiger partial charge in [0.1, 0.15) is 11.5 Å². The fourth-order valence-electron chi connectivity index (χ4n) is 2.31. The Morgan fingerprint density at radius 3 is 2.73 bits per heavy atom. The van der Waals surface area contributed by atoms with Gasteiger partial charge in [-0.15, -0.1) is 0 Å². The predicted molar refractivity (Wildman–Crippen MR) is 80.2 cm³/mol. The van der Waals surface area contributed by atoms with Gasteiger partial charge in [0.05, 0.1) is 19.8 Å². The van der Waals surface area contributed by atoms with Crippen LogP contribution in [0.3, 0.4) is 0 Å². The van der Waals surface area contributed by atoms with Crippen LogP contribution in [0.15, 0.2) is 47.7 Å². The molecule has 0 spiro atoms. The average molecular weight is 300 g/mol. The molecule has 0 fully saturated rings. The second kappa shape index (κ2) is 6.03. The zero-order chi connectivity index (χ0) is 15.5. The standard InChI is InChI=1S/C16H16N2O4/c1-20-11-5-6-12(13(8-11)21-2)14-15(19)18-16(22-14)10-4-3-7-17-9-10/h3-9,14-15,19H,1-2H3/t14-,15-/m1/s1. The Balaban J connectivity index is 1.89. The van der Waals surface area contributed by atoms with E-state index in [2.05, 4.69) is 9.98 Å². The lowest BCUT2D eigenvalue weighted by Crippen LogP contribution is -2.14. The molecule has 0 bridgehead atoms. The summed E-state index contributed by atoms with van der Waals surface area (Å²) in [5, 5.41) is 10.2. The third kappa shape index (κ3) is 2.60. The molecule has 6 nitrogen and oxygen atoms in total. The summed E-state index contributed by atoms with van der Waals surface area (Å²) in [6.45, 7) is 0. The van der Waals surface area contributed by atoms with E-state index in [1.165, 1.54) is 0 Å². The minimum Gasteiger partial charge on any atom is -0.497 e. The lowest BCUT2D eigenvalue weighted by molar-refractivity contribution is 0.0626. The molecule has 1 aromatic carbocycles. The molecular weight excluding hydrogens is 284 g/mol. The molecule has 1 aliphatic heterocycles. The average Bonchev–Trinajstić information content (AvgIpc) is 2.96. The molecule has 0 saturated heterocycles. The summed E-state index contributed by atoms with van der Waals surface area (Å²) >= 11 is 0. The quantitative estimate of drug-likeness (QED) is 0.934. The molecule has 1 aromatic heterocycles. The first-order valence-corrected chi connectivity index (χ1v) is 6.78. The normalized spacial score (nSPS) is 20.2. The molecule has 0 amide bonds. The van der Waals surface area contributed by atoms with E-state index >= 15 is 0 Å². The second-order valence-electron chi connectivity index (χ2n) is 4.74. The topological polar surface area (TPSA) is 73.2 Å². The Morgan fingerprint density at radius 2 is 2.05 bits per heavy atom. The van der Waals surface area contributed by atoms with Gasteiger partial charge in [-0.25, -0.2) is 4.99 Å². The van der Waals surface area contributed by atoms with Crippen molar-refractivity contribution in [1.82, 2.24) is 4.98 Å². The maximum Gasteiger partial charge on any atom is 0.221 e. The molecule has 0 radical (unpaired) electrons. The molecule has 22 heavy (non-hydrogen) atoms. The highest BCUT2D eigenvalue weighted by Gasteiger charge is 2.33. The van der Waals surface area contributed by atoms with E-state index < -0.39 is 12.3 Å². The second-order valence-corrected chi connectivity index (χ2v) is 4.74. The number of hydrogen-bond acceptors (Lipinski definition) is 6. The maximum atomic E-state index is 10.2. The molecular formula is C16H16N2O4. The molecule has 2 aromatic rings. The van der Waals surface area contributed by atoms with Gasteiger partial charge in [0.25, 0.3) is 0 Å². The van der Waals surface area contributed by atoms with Crippen molar-refractivity contribution in [3.8, 4) is 11.5 Å². The number of aliphatic hydroxyl groups excluding tert-OH is 1.